The summed E-state index contributed by atoms with van der Waals surface area (Å²) in [6, 6.07) is 13.1. The molecule has 3 aromatic rings. The smallest absolute Gasteiger partial charge is 0.137 e. The molecule has 0 fully saturated rings. The topological polar surface area (TPSA) is 17.3 Å². The number of benzene rings is 1. The van der Waals surface area contributed by atoms with E-state index in [0.717, 1.165) is 11.3 Å². The zero-order valence-electron chi connectivity index (χ0n) is 12.2. The molecule has 0 bridgehead atoms. The molecule has 0 radical (unpaired) electrons. The molecule has 1 aliphatic carbocycles. The lowest BCUT2D eigenvalue weighted by molar-refractivity contribution is 0.686. The minimum Gasteiger partial charge on any atom is -0.304 e. The van der Waals surface area contributed by atoms with Crippen molar-refractivity contribution in [3.63, 3.8) is 0 Å². The summed E-state index contributed by atoms with van der Waals surface area (Å²) in [5, 5.41) is 0. The van der Waals surface area contributed by atoms with Crippen LogP contribution >= 0.6 is 17.0 Å². The van der Waals surface area contributed by atoms with Crippen LogP contribution in [0.1, 0.15) is 29.7 Å². The van der Waals surface area contributed by atoms with Gasteiger partial charge in [0.25, 0.3) is 0 Å². The number of halogens is 1. The number of rotatable bonds is 1. The molecule has 1 aromatic carbocycles. The van der Waals surface area contributed by atoms with Crippen molar-refractivity contribution in [2.45, 2.75) is 32.6 Å². The Bertz CT molecular complexity index is 789. The molecule has 0 amide bonds. The highest BCUT2D eigenvalue weighted by Crippen LogP contribution is 2.27. The van der Waals surface area contributed by atoms with Crippen LogP contribution in [-0.2, 0) is 12.8 Å². The molecular formula is C18H19BrN2. The maximum absolute atomic E-state index is 4.76. The van der Waals surface area contributed by atoms with Crippen molar-refractivity contribution < 1.29 is 0 Å². The number of aromatic nitrogens is 2. The van der Waals surface area contributed by atoms with E-state index in [1.807, 2.05) is 0 Å². The van der Waals surface area contributed by atoms with E-state index in [0.29, 0.717) is 0 Å². The number of nitrogens with zero attached hydrogens (tertiary/aromatic N) is 2. The lowest BCUT2D eigenvalue weighted by Gasteiger charge is -2.15. The summed E-state index contributed by atoms with van der Waals surface area (Å²) in [4.78, 5) is 4.76. The van der Waals surface area contributed by atoms with Crippen LogP contribution in [0.2, 0.25) is 0 Å². The van der Waals surface area contributed by atoms with Crippen molar-refractivity contribution >= 4 is 22.6 Å². The van der Waals surface area contributed by atoms with Gasteiger partial charge < -0.3 is 4.40 Å². The maximum atomic E-state index is 4.76. The van der Waals surface area contributed by atoms with Crippen molar-refractivity contribution in [2.24, 2.45) is 0 Å². The maximum Gasteiger partial charge on any atom is 0.137 e. The van der Waals surface area contributed by atoms with Crippen molar-refractivity contribution in [1.82, 2.24) is 9.38 Å². The Morgan fingerprint density at radius 1 is 1.00 bits per heavy atom. The fourth-order valence-corrected chi connectivity index (χ4v) is 3.18. The molecular weight excluding hydrogens is 324 g/mol. The van der Waals surface area contributed by atoms with Crippen LogP contribution in [0.15, 0.2) is 42.6 Å². The predicted octanol–water partition coefficient (Wildman–Crippen LogP) is 4.77. The highest BCUT2D eigenvalue weighted by Gasteiger charge is 2.12. The molecule has 3 heteroatoms. The fraction of sp³-hybridized carbons (Fsp3) is 0.278. The number of aryl methyl sites for hydroxylation is 3. The van der Waals surface area contributed by atoms with Gasteiger partial charge in [0.15, 0.2) is 0 Å². The van der Waals surface area contributed by atoms with Gasteiger partial charge in [0.05, 0.1) is 5.69 Å². The second kappa shape index (κ2) is 5.64. The van der Waals surface area contributed by atoms with E-state index in [1.54, 1.807) is 0 Å². The van der Waals surface area contributed by atoms with Gasteiger partial charge in [0.1, 0.15) is 5.65 Å². The highest BCUT2D eigenvalue weighted by atomic mass is 79.9. The first-order valence-electron chi connectivity index (χ1n) is 7.38. The van der Waals surface area contributed by atoms with Crippen molar-refractivity contribution in [3.05, 3.63) is 59.4 Å². The van der Waals surface area contributed by atoms with Crippen LogP contribution in [0.25, 0.3) is 16.9 Å². The Labute approximate surface area is 135 Å². The van der Waals surface area contributed by atoms with Gasteiger partial charge in [-0.15, -0.1) is 17.0 Å². The molecule has 2 aromatic heterocycles. The van der Waals surface area contributed by atoms with Gasteiger partial charge in [0.2, 0.25) is 0 Å². The molecule has 0 saturated heterocycles. The lowest BCUT2D eigenvalue weighted by Crippen LogP contribution is -2.02. The summed E-state index contributed by atoms with van der Waals surface area (Å²) in [6.07, 6.45) is 7.26. The minimum absolute atomic E-state index is 0. The Morgan fingerprint density at radius 2 is 1.81 bits per heavy atom. The van der Waals surface area contributed by atoms with Gasteiger partial charge in [-0.05, 0) is 61.9 Å². The molecule has 0 unspecified atom stereocenters. The summed E-state index contributed by atoms with van der Waals surface area (Å²) in [6.45, 7) is 2.12. The first-order valence-corrected chi connectivity index (χ1v) is 7.38. The normalized spacial score (nSPS) is 13.8. The summed E-state index contributed by atoms with van der Waals surface area (Å²) < 4.78 is 2.16. The van der Waals surface area contributed by atoms with E-state index < -0.39 is 0 Å². The van der Waals surface area contributed by atoms with Crippen LogP contribution < -0.4 is 0 Å². The molecule has 108 valence electrons. The second-order valence-electron chi connectivity index (χ2n) is 5.71. The van der Waals surface area contributed by atoms with Gasteiger partial charge in [0, 0.05) is 17.5 Å². The van der Waals surface area contributed by atoms with Crippen molar-refractivity contribution in [3.8, 4) is 11.3 Å². The lowest BCUT2D eigenvalue weighted by atomic mass is 9.90. The van der Waals surface area contributed by atoms with Gasteiger partial charge in [-0.3, -0.25) is 0 Å². The average Bonchev–Trinajstić information content (AvgIpc) is 2.92. The third-order valence-corrected chi connectivity index (χ3v) is 4.34. The zero-order valence-corrected chi connectivity index (χ0v) is 13.9. The first kappa shape index (κ1) is 14.3. The Balaban J connectivity index is 0.00000132. The number of fused-ring (bicyclic) bond motifs is 2. The van der Waals surface area contributed by atoms with Gasteiger partial charge in [-0.25, -0.2) is 4.98 Å². The molecule has 0 atom stereocenters. The molecule has 0 spiro atoms. The van der Waals surface area contributed by atoms with E-state index in [2.05, 4.69) is 53.9 Å². The summed E-state index contributed by atoms with van der Waals surface area (Å²) in [5.74, 6) is 0. The molecule has 0 N–H and O–H groups in total. The Morgan fingerprint density at radius 3 is 2.62 bits per heavy atom. The summed E-state index contributed by atoms with van der Waals surface area (Å²) in [7, 11) is 0. The van der Waals surface area contributed by atoms with Gasteiger partial charge >= 0.3 is 0 Å². The van der Waals surface area contributed by atoms with Crippen LogP contribution in [-0.4, -0.2) is 9.38 Å². The zero-order chi connectivity index (χ0) is 13.5. The second-order valence-corrected chi connectivity index (χ2v) is 5.71. The van der Waals surface area contributed by atoms with E-state index in [4.69, 9.17) is 4.98 Å². The number of hydrogen-bond donors (Lipinski definition) is 0. The summed E-state index contributed by atoms with van der Waals surface area (Å²) in [5.41, 5.74) is 7.61. The molecule has 0 saturated carbocycles. The van der Waals surface area contributed by atoms with Gasteiger partial charge in [-0.1, -0.05) is 18.2 Å². The number of imidazole rings is 1. The van der Waals surface area contributed by atoms with E-state index in [1.165, 1.54) is 48.1 Å². The Hall–Kier alpha value is -1.61. The van der Waals surface area contributed by atoms with Crippen LogP contribution in [0, 0.1) is 6.92 Å². The molecule has 1 aliphatic rings. The van der Waals surface area contributed by atoms with Crippen LogP contribution in [0.5, 0.6) is 0 Å². The third-order valence-electron chi connectivity index (χ3n) is 4.34. The minimum atomic E-state index is 0. The predicted molar refractivity (Wildman–Crippen MR) is 92.3 cm³/mol. The number of pyridine rings is 1. The third kappa shape index (κ3) is 2.51. The monoisotopic (exact) mass is 342 g/mol. The summed E-state index contributed by atoms with van der Waals surface area (Å²) >= 11 is 0. The quantitative estimate of drug-likeness (QED) is 0.622. The first-order chi connectivity index (χ1) is 9.81. The van der Waals surface area contributed by atoms with Crippen molar-refractivity contribution in [1.29, 1.82) is 0 Å². The van der Waals surface area contributed by atoms with Gasteiger partial charge in [-0.2, -0.15) is 0 Å². The molecule has 21 heavy (non-hydrogen) atoms. The standard InChI is InChI=1S/C18H18N2.BrH/c1-13-5-4-8-18-19-17(12-20(13)18)16-10-9-14-6-2-3-7-15(14)11-16;/h4-5,8-12H,2-3,6-7H2,1H3;1H. The SMILES string of the molecule is Br.Cc1cccc2nc(-c3ccc4c(c3)CCCC4)cn12. The number of hydrogen-bond acceptors (Lipinski definition) is 1. The molecule has 0 aliphatic heterocycles. The fourth-order valence-electron chi connectivity index (χ4n) is 3.18. The van der Waals surface area contributed by atoms with Crippen LogP contribution in [0.3, 0.4) is 0 Å². The van der Waals surface area contributed by atoms with Crippen molar-refractivity contribution in [2.75, 3.05) is 0 Å². The molecule has 2 heterocycles. The van der Waals surface area contributed by atoms with Crippen LogP contribution in [0.4, 0.5) is 0 Å². The molecule has 4 rings (SSSR count). The highest BCUT2D eigenvalue weighted by molar-refractivity contribution is 8.93. The molecule has 2 nitrogen and oxygen atoms in total. The Kier molecular flexibility index (Phi) is 3.85. The van der Waals surface area contributed by atoms with E-state index >= 15 is 0 Å². The van der Waals surface area contributed by atoms with E-state index in [-0.39, 0.29) is 17.0 Å². The average molecular weight is 343 g/mol. The largest absolute Gasteiger partial charge is 0.304 e. The van der Waals surface area contributed by atoms with E-state index in [9.17, 15) is 0 Å².